The predicted octanol–water partition coefficient (Wildman–Crippen LogP) is 4.95. The van der Waals surface area contributed by atoms with Gasteiger partial charge in [0.05, 0.1) is 24.2 Å². The molecule has 2 aromatic carbocycles. The van der Waals surface area contributed by atoms with E-state index in [9.17, 15) is 9.59 Å². The second kappa shape index (κ2) is 7.74. The zero-order valence-electron chi connectivity index (χ0n) is 16.9. The molecule has 0 saturated heterocycles. The van der Waals surface area contributed by atoms with Crippen molar-refractivity contribution in [1.29, 1.82) is 0 Å². The number of fused-ring (bicyclic) bond motifs is 1. The van der Waals surface area contributed by atoms with Gasteiger partial charge >= 0.3 is 5.97 Å². The summed E-state index contributed by atoms with van der Waals surface area (Å²) in [5, 5.41) is 0.329. The molecule has 1 fully saturated rings. The monoisotopic (exact) mass is 392 g/mol. The highest BCUT2D eigenvalue weighted by molar-refractivity contribution is 5.94. The lowest BCUT2D eigenvalue weighted by Crippen LogP contribution is -2.12. The summed E-state index contributed by atoms with van der Waals surface area (Å²) in [5.74, 6) is 0.812. The maximum absolute atomic E-state index is 13.2. The van der Waals surface area contributed by atoms with Crippen LogP contribution in [0.25, 0.3) is 11.0 Å². The normalized spacial score (nSPS) is 17.9. The number of hydrogen-bond donors (Lipinski definition) is 0. The van der Waals surface area contributed by atoms with Crippen LogP contribution in [-0.4, -0.2) is 19.2 Å². The number of ether oxygens (including phenoxy) is 2. The van der Waals surface area contributed by atoms with Crippen LogP contribution in [0.15, 0.2) is 51.7 Å². The van der Waals surface area contributed by atoms with Gasteiger partial charge in [0.15, 0.2) is 5.76 Å². The number of esters is 1. The summed E-state index contributed by atoms with van der Waals surface area (Å²) in [7, 11) is 0. The topological polar surface area (TPSA) is 65.7 Å². The second-order valence-electron chi connectivity index (χ2n) is 7.35. The molecule has 0 aliphatic heterocycles. The summed E-state index contributed by atoms with van der Waals surface area (Å²) in [5.41, 5.74) is 2.99. The van der Waals surface area contributed by atoms with Crippen LogP contribution in [0.3, 0.4) is 0 Å². The zero-order valence-corrected chi connectivity index (χ0v) is 16.9. The van der Waals surface area contributed by atoms with Gasteiger partial charge < -0.3 is 13.9 Å². The van der Waals surface area contributed by atoms with E-state index in [0.29, 0.717) is 34.8 Å². The molecule has 150 valence electrons. The third-order valence-electron chi connectivity index (χ3n) is 5.31. The summed E-state index contributed by atoms with van der Waals surface area (Å²) in [4.78, 5) is 25.2. The molecular formula is C24H24O5. The van der Waals surface area contributed by atoms with E-state index >= 15 is 0 Å². The molecule has 0 N–H and O–H groups in total. The third kappa shape index (κ3) is 3.65. The van der Waals surface area contributed by atoms with Crippen LogP contribution >= 0.6 is 0 Å². The Labute approximate surface area is 169 Å². The van der Waals surface area contributed by atoms with Crippen LogP contribution in [0, 0.1) is 6.92 Å². The molecule has 0 spiro atoms. The van der Waals surface area contributed by atoms with Crippen LogP contribution in [0.1, 0.15) is 59.3 Å². The fourth-order valence-corrected chi connectivity index (χ4v) is 3.73. The lowest BCUT2D eigenvalue weighted by molar-refractivity contribution is 0.0526. The average molecular weight is 392 g/mol. The van der Waals surface area contributed by atoms with Gasteiger partial charge in [-0.05, 0) is 56.9 Å². The Hall–Kier alpha value is -3.08. The van der Waals surface area contributed by atoms with Crippen LogP contribution in [0.2, 0.25) is 0 Å². The first-order chi connectivity index (χ1) is 14.0. The second-order valence-corrected chi connectivity index (χ2v) is 7.35. The smallest absolute Gasteiger partial charge is 0.338 e. The standard InChI is InChI=1S/C24H24O5/c1-4-27-23-21(25)19-12-16(24(26)28-5-2)10-11-20(19)29-22(23)18-13-17(18)15-8-6-14(3)7-9-15/h6-12,17-18H,4-5,13H2,1-3H3. The molecule has 1 aliphatic carbocycles. The Kier molecular flexibility index (Phi) is 5.14. The largest absolute Gasteiger partial charge is 0.487 e. The highest BCUT2D eigenvalue weighted by Gasteiger charge is 2.44. The van der Waals surface area contributed by atoms with Crippen molar-refractivity contribution in [3.8, 4) is 5.75 Å². The Morgan fingerprint density at radius 3 is 2.52 bits per heavy atom. The van der Waals surface area contributed by atoms with E-state index in [1.807, 2.05) is 6.92 Å². The molecule has 1 aromatic heterocycles. The summed E-state index contributed by atoms with van der Waals surface area (Å²) >= 11 is 0. The van der Waals surface area contributed by atoms with Crippen molar-refractivity contribution in [2.24, 2.45) is 0 Å². The first kappa shape index (κ1) is 19.2. The highest BCUT2D eigenvalue weighted by Crippen LogP contribution is 2.56. The summed E-state index contributed by atoms with van der Waals surface area (Å²) < 4.78 is 16.9. The fourth-order valence-electron chi connectivity index (χ4n) is 3.73. The van der Waals surface area contributed by atoms with Crippen molar-refractivity contribution in [2.75, 3.05) is 13.2 Å². The first-order valence-electron chi connectivity index (χ1n) is 10.0. The number of rotatable bonds is 6. The van der Waals surface area contributed by atoms with E-state index in [1.54, 1.807) is 19.1 Å². The fraction of sp³-hybridized carbons (Fsp3) is 0.333. The van der Waals surface area contributed by atoms with Gasteiger partial charge in [-0.2, -0.15) is 0 Å². The highest BCUT2D eigenvalue weighted by atomic mass is 16.5. The van der Waals surface area contributed by atoms with Gasteiger partial charge in [0.2, 0.25) is 11.2 Å². The van der Waals surface area contributed by atoms with Crippen molar-refractivity contribution in [1.82, 2.24) is 0 Å². The number of aryl methyl sites for hydroxylation is 1. The molecule has 0 amide bonds. The molecular weight excluding hydrogens is 368 g/mol. The quantitative estimate of drug-likeness (QED) is 0.556. The van der Waals surface area contributed by atoms with Gasteiger partial charge in [-0.1, -0.05) is 29.8 Å². The Bertz CT molecular complexity index is 1110. The van der Waals surface area contributed by atoms with Crippen LogP contribution in [-0.2, 0) is 4.74 Å². The van der Waals surface area contributed by atoms with Crippen LogP contribution in [0.5, 0.6) is 5.75 Å². The summed E-state index contributed by atoms with van der Waals surface area (Å²) in [6.45, 7) is 6.29. The molecule has 1 heterocycles. The molecule has 2 unspecified atom stereocenters. The summed E-state index contributed by atoms with van der Waals surface area (Å²) in [6.07, 6.45) is 0.915. The zero-order chi connectivity index (χ0) is 20.5. The number of hydrogen-bond acceptors (Lipinski definition) is 5. The van der Waals surface area contributed by atoms with E-state index in [2.05, 4.69) is 31.2 Å². The molecule has 29 heavy (non-hydrogen) atoms. The average Bonchev–Trinajstić information content (AvgIpc) is 3.51. The third-order valence-corrected chi connectivity index (χ3v) is 5.31. The Morgan fingerprint density at radius 2 is 1.83 bits per heavy atom. The molecule has 5 nitrogen and oxygen atoms in total. The number of benzene rings is 2. The maximum Gasteiger partial charge on any atom is 0.338 e. The van der Waals surface area contributed by atoms with E-state index in [0.717, 1.165) is 6.42 Å². The Balaban J connectivity index is 1.75. The van der Waals surface area contributed by atoms with Crippen molar-refractivity contribution < 1.29 is 18.7 Å². The minimum Gasteiger partial charge on any atom is -0.487 e. The van der Waals surface area contributed by atoms with Crippen molar-refractivity contribution in [3.05, 3.63) is 75.1 Å². The van der Waals surface area contributed by atoms with Gasteiger partial charge in [0.1, 0.15) is 5.58 Å². The van der Waals surface area contributed by atoms with Crippen LogP contribution < -0.4 is 10.2 Å². The SMILES string of the molecule is CCOC(=O)c1ccc2oc(C3CC3c3ccc(C)cc3)c(OCC)c(=O)c2c1. The molecule has 1 saturated carbocycles. The van der Waals surface area contributed by atoms with Gasteiger partial charge in [-0.15, -0.1) is 0 Å². The molecule has 0 radical (unpaired) electrons. The van der Waals surface area contributed by atoms with Gasteiger partial charge in [-0.3, -0.25) is 4.79 Å². The lowest BCUT2D eigenvalue weighted by Gasteiger charge is -2.11. The molecule has 0 bridgehead atoms. The molecule has 2 atom stereocenters. The van der Waals surface area contributed by atoms with Gasteiger partial charge in [0, 0.05) is 5.92 Å². The summed E-state index contributed by atoms with van der Waals surface area (Å²) in [6, 6.07) is 13.3. The Morgan fingerprint density at radius 1 is 1.07 bits per heavy atom. The molecule has 1 aliphatic rings. The maximum atomic E-state index is 13.2. The van der Waals surface area contributed by atoms with Crippen molar-refractivity contribution in [2.45, 2.75) is 39.0 Å². The number of carbonyl (C=O) groups is 1. The lowest BCUT2D eigenvalue weighted by atomic mass is 10.1. The van der Waals surface area contributed by atoms with Crippen LogP contribution in [0.4, 0.5) is 0 Å². The van der Waals surface area contributed by atoms with Gasteiger partial charge in [-0.25, -0.2) is 4.79 Å². The van der Waals surface area contributed by atoms with E-state index in [-0.39, 0.29) is 23.7 Å². The molecule has 3 aromatic rings. The van der Waals surface area contributed by atoms with E-state index in [4.69, 9.17) is 13.9 Å². The number of carbonyl (C=O) groups excluding carboxylic acids is 1. The predicted molar refractivity (Wildman–Crippen MR) is 111 cm³/mol. The minimum atomic E-state index is -0.461. The van der Waals surface area contributed by atoms with Crippen molar-refractivity contribution in [3.63, 3.8) is 0 Å². The molecule has 4 rings (SSSR count). The molecule has 5 heteroatoms. The first-order valence-corrected chi connectivity index (χ1v) is 10.0. The minimum absolute atomic E-state index is 0.112. The van der Waals surface area contributed by atoms with E-state index < -0.39 is 5.97 Å². The van der Waals surface area contributed by atoms with E-state index in [1.165, 1.54) is 17.2 Å². The van der Waals surface area contributed by atoms with Crippen molar-refractivity contribution >= 4 is 16.9 Å². The van der Waals surface area contributed by atoms with Gasteiger partial charge in [0.25, 0.3) is 0 Å².